The molecule has 2 aromatic carbocycles. The number of carbonyl (C=O) groups excluding carboxylic acids is 1. The molecule has 0 aliphatic heterocycles. The predicted octanol–water partition coefficient (Wildman–Crippen LogP) is 4.71. The van der Waals surface area contributed by atoms with Gasteiger partial charge in [-0.05, 0) is 24.3 Å². The van der Waals surface area contributed by atoms with Crippen molar-refractivity contribution in [1.82, 2.24) is 0 Å². The van der Waals surface area contributed by atoms with Gasteiger partial charge in [-0.15, -0.1) is 0 Å². The average Bonchev–Trinajstić information content (AvgIpc) is 2.50. The molecule has 0 spiro atoms. The highest BCUT2D eigenvalue weighted by atomic mass is 35.5. The van der Waals surface area contributed by atoms with Crippen molar-refractivity contribution in [1.29, 1.82) is 0 Å². The molecular weight excluding hydrogens is 327 g/mol. The third kappa shape index (κ3) is 3.84. The fourth-order valence-corrected chi connectivity index (χ4v) is 2.01. The number of nitro benzene ring substituents is 1. The van der Waals surface area contributed by atoms with Gasteiger partial charge in [0.05, 0.1) is 15.0 Å². The van der Waals surface area contributed by atoms with Crippen molar-refractivity contribution in [2.45, 2.75) is 0 Å². The zero-order valence-electron chi connectivity index (χ0n) is 11.1. The second-order valence-corrected chi connectivity index (χ2v) is 5.06. The van der Waals surface area contributed by atoms with Crippen LogP contribution in [0.25, 0.3) is 0 Å². The summed E-state index contributed by atoms with van der Waals surface area (Å²) < 4.78 is 0. The van der Waals surface area contributed by atoms with E-state index in [9.17, 15) is 14.9 Å². The quantitative estimate of drug-likeness (QED) is 0.371. The lowest BCUT2D eigenvalue weighted by atomic mass is 10.1. The second-order valence-electron chi connectivity index (χ2n) is 4.25. The van der Waals surface area contributed by atoms with E-state index in [1.807, 2.05) is 0 Å². The first-order valence-electron chi connectivity index (χ1n) is 6.15. The molecule has 0 saturated carbocycles. The van der Waals surface area contributed by atoms with Gasteiger partial charge in [-0.3, -0.25) is 14.9 Å². The van der Waals surface area contributed by atoms with E-state index in [4.69, 9.17) is 23.2 Å². The molecule has 0 heterocycles. The van der Waals surface area contributed by atoms with Crippen molar-refractivity contribution < 1.29 is 9.72 Å². The standard InChI is InChI=1S/C15H10Cl2N2O3/c16-11-6-5-10(9-12(11)17)15(20)7-8-18-13-3-1-2-4-14(13)19(21)22/h1-9,18H. The number of carbonyl (C=O) groups is 1. The lowest BCUT2D eigenvalue weighted by Crippen LogP contribution is -1.98. The van der Waals surface area contributed by atoms with Crippen LogP contribution >= 0.6 is 23.2 Å². The number of allylic oxidation sites excluding steroid dienone is 1. The molecule has 0 amide bonds. The van der Waals surface area contributed by atoms with Crippen LogP contribution in [0, 0.1) is 10.1 Å². The minimum Gasteiger partial charge on any atom is -0.356 e. The highest BCUT2D eigenvalue weighted by Gasteiger charge is 2.11. The molecule has 0 saturated heterocycles. The van der Waals surface area contributed by atoms with E-state index in [1.54, 1.807) is 24.3 Å². The molecule has 2 aromatic rings. The molecule has 0 radical (unpaired) electrons. The summed E-state index contributed by atoms with van der Waals surface area (Å²) in [6, 6.07) is 10.7. The first-order valence-corrected chi connectivity index (χ1v) is 6.90. The third-order valence-corrected chi connectivity index (χ3v) is 3.52. The van der Waals surface area contributed by atoms with Gasteiger partial charge in [-0.25, -0.2) is 0 Å². The zero-order valence-corrected chi connectivity index (χ0v) is 12.6. The fourth-order valence-electron chi connectivity index (χ4n) is 1.71. The van der Waals surface area contributed by atoms with Crippen molar-refractivity contribution >= 4 is 40.4 Å². The van der Waals surface area contributed by atoms with E-state index in [1.165, 1.54) is 30.5 Å². The van der Waals surface area contributed by atoms with Crippen LogP contribution in [0.4, 0.5) is 11.4 Å². The lowest BCUT2D eigenvalue weighted by Gasteiger charge is -2.02. The van der Waals surface area contributed by atoms with Crippen LogP contribution < -0.4 is 5.32 Å². The Labute approximate surface area is 136 Å². The summed E-state index contributed by atoms with van der Waals surface area (Å²) in [5.41, 5.74) is 0.592. The number of halogens is 2. The van der Waals surface area contributed by atoms with Gasteiger partial charge in [-0.2, -0.15) is 0 Å². The monoisotopic (exact) mass is 336 g/mol. The summed E-state index contributed by atoms with van der Waals surface area (Å²) in [5, 5.41) is 14.2. The Bertz CT molecular complexity index is 760. The number of rotatable bonds is 5. The van der Waals surface area contributed by atoms with Gasteiger partial charge in [0, 0.05) is 23.9 Å². The van der Waals surface area contributed by atoms with Crippen molar-refractivity contribution in [3.05, 3.63) is 80.5 Å². The maximum absolute atomic E-state index is 12.0. The van der Waals surface area contributed by atoms with Gasteiger partial charge in [-0.1, -0.05) is 35.3 Å². The first-order chi connectivity index (χ1) is 10.5. The number of nitro groups is 1. The van der Waals surface area contributed by atoms with Gasteiger partial charge in [0.1, 0.15) is 5.69 Å². The Hall–Kier alpha value is -2.37. The second kappa shape index (κ2) is 7.06. The highest BCUT2D eigenvalue weighted by molar-refractivity contribution is 6.42. The summed E-state index contributed by atoms with van der Waals surface area (Å²) in [6.07, 6.45) is 2.60. The Morgan fingerprint density at radius 1 is 1.14 bits per heavy atom. The van der Waals surface area contributed by atoms with Gasteiger partial charge in [0.15, 0.2) is 5.78 Å². The normalized spacial score (nSPS) is 10.6. The lowest BCUT2D eigenvalue weighted by molar-refractivity contribution is -0.383. The molecule has 0 atom stereocenters. The van der Waals surface area contributed by atoms with E-state index in [2.05, 4.69) is 5.32 Å². The molecule has 5 nitrogen and oxygen atoms in total. The minimum absolute atomic E-state index is 0.0749. The molecule has 22 heavy (non-hydrogen) atoms. The van der Waals surface area contributed by atoms with Gasteiger partial charge in [0.25, 0.3) is 5.69 Å². The van der Waals surface area contributed by atoms with Crippen LogP contribution in [0.3, 0.4) is 0 Å². The first kappa shape index (κ1) is 16.0. The zero-order chi connectivity index (χ0) is 16.1. The maximum Gasteiger partial charge on any atom is 0.292 e. The largest absolute Gasteiger partial charge is 0.356 e. The summed E-state index contributed by atoms with van der Waals surface area (Å²) in [6.45, 7) is 0. The maximum atomic E-state index is 12.0. The predicted molar refractivity (Wildman–Crippen MR) is 86.7 cm³/mol. The minimum atomic E-state index is -0.503. The number of ketones is 1. The number of hydrogen-bond donors (Lipinski definition) is 1. The highest BCUT2D eigenvalue weighted by Crippen LogP contribution is 2.24. The molecule has 0 aliphatic carbocycles. The van der Waals surface area contributed by atoms with Crippen LogP contribution in [-0.2, 0) is 0 Å². The molecule has 2 rings (SSSR count). The van der Waals surface area contributed by atoms with Gasteiger partial charge < -0.3 is 5.32 Å². The number of nitrogens with one attached hydrogen (secondary N) is 1. The molecule has 0 aromatic heterocycles. The fraction of sp³-hybridized carbons (Fsp3) is 0. The van der Waals surface area contributed by atoms with Crippen molar-refractivity contribution in [3.63, 3.8) is 0 Å². The summed E-state index contributed by atoms with van der Waals surface area (Å²) in [4.78, 5) is 22.3. The summed E-state index contributed by atoms with van der Waals surface area (Å²) >= 11 is 11.6. The van der Waals surface area contributed by atoms with Crippen LogP contribution in [0.1, 0.15) is 10.4 Å². The van der Waals surface area contributed by atoms with Crippen molar-refractivity contribution in [2.24, 2.45) is 0 Å². The van der Waals surface area contributed by atoms with Crippen molar-refractivity contribution in [3.8, 4) is 0 Å². The number of para-hydroxylation sites is 2. The third-order valence-electron chi connectivity index (χ3n) is 2.78. The van der Waals surface area contributed by atoms with Crippen LogP contribution in [-0.4, -0.2) is 10.7 Å². The van der Waals surface area contributed by atoms with E-state index in [0.29, 0.717) is 16.3 Å². The van der Waals surface area contributed by atoms with Crippen molar-refractivity contribution in [2.75, 3.05) is 5.32 Å². The number of hydrogen-bond acceptors (Lipinski definition) is 4. The van der Waals surface area contributed by atoms with E-state index in [-0.39, 0.29) is 16.5 Å². The van der Waals surface area contributed by atoms with E-state index >= 15 is 0 Å². The van der Waals surface area contributed by atoms with Crippen LogP contribution in [0.5, 0.6) is 0 Å². The van der Waals surface area contributed by atoms with E-state index < -0.39 is 4.92 Å². The van der Waals surface area contributed by atoms with Crippen LogP contribution in [0.2, 0.25) is 10.0 Å². The Balaban J connectivity index is 2.11. The molecule has 0 unspecified atom stereocenters. The Morgan fingerprint density at radius 3 is 2.55 bits per heavy atom. The van der Waals surface area contributed by atoms with Gasteiger partial charge in [0.2, 0.25) is 0 Å². The topological polar surface area (TPSA) is 72.2 Å². The summed E-state index contributed by atoms with van der Waals surface area (Å²) in [5.74, 6) is -0.301. The van der Waals surface area contributed by atoms with Crippen LogP contribution in [0.15, 0.2) is 54.7 Å². The SMILES string of the molecule is O=C(C=CNc1ccccc1[N+](=O)[O-])c1ccc(Cl)c(Cl)c1. The Morgan fingerprint density at radius 2 is 1.86 bits per heavy atom. The van der Waals surface area contributed by atoms with Gasteiger partial charge >= 0.3 is 0 Å². The molecule has 112 valence electrons. The number of benzene rings is 2. The number of nitrogens with zero attached hydrogens (tertiary/aromatic N) is 1. The molecule has 7 heteroatoms. The summed E-state index contributed by atoms with van der Waals surface area (Å²) in [7, 11) is 0. The molecule has 0 aliphatic rings. The molecule has 1 N–H and O–H groups in total. The smallest absolute Gasteiger partial charge is 0.292 e. The average molecular weight is 337 g/mol. The molecule has 0 fully saturated rings. The Kier molecular flexibility index (Phi) is 5.14. The number of anilines is 1. The molecule has 0 bridgehead atoms. The van der Waals surface area contributed by atoms with E-state index in [0.717, 1.165) is 0 Å². The molecular formula is C15H10Cl2N2O3.